The Morgan fingerprint density at radius 2 is 2.12 bits per heavy atom. The van der Waals surface area contributed by atoms with Gasteiger partial charge < -0.3 is 14.5 Å². The maximum Gasteiger partial charge on any atom is 0.316 e. The number of carbonyl (C=O) groups is 2. The van der Waals surface area contributed by atoms with Crippen LogP contribution in [0, 0.1) is 5.92 Å². The van der Waals surface area contributed by atoms with Gasteiger partial charge in [0.1, 0.15) is 0 Å². The van der Waals surface area contributed by atoms with Gasteiger partial charge >= 0.3 is 5.97 Å². The van der Waals surface area contributed by atoms with E-state index >= 15 is 0 Å². The fraction of sp³-hybridized carbons (Fsp3) is 0.529. The predicted molar refractivity (Wildman–Crippen MR) is 97.5 cm³/mol. The van der Waals surface area contributed by atoms with Gasteiger partial charge in [0.2, 0.25) is 0 Å². The van der Waals surface area contributed by atoms with E-state index < -0.39 is 5.97 Å². The van der Waals surface area contributed by atoms with Crippen molar-refractivity contribution in [3.05, 3.63) is 18.4 Å². The zero-order chi connectivity index (χ0) is 19.1. The van der Waals surface area contributed by atoms with Crippen LogP contribution < -0.4 is 5.32 Å². The quantitative estimate of drug-likeness (QED) is 0.526. The van der Waals surface area contributed by atoms with Crippen LogP contribution in [-0.2, 0) is 20.9 Å². The Kier molecular flexibility index (Phi) is 7.26. The topological polar surface area (TPSA) is 99.2 Å². The Morgan fingerprint density at radius 1 is 1.35 bits per heavy atom. The Bertz CT molecular complexity index is 727. The number of aromatic nitrogens is 3. The molecule has 0 saturated carbocycles. The third-order valence-corrected chi connectivity index (χ3v) is 4.79. The van der Waals surface area contributed by atoms with Crippen molar-refractivity contribution in [1.82, 2.24) is 20.1 Å². The van der Waals surface area contributed by atoms with Gasteiger partial charge in [-0.05, 0) is 31.9 Å². The zero-order valence-electron chi connectivity index (χ0n) is 15.4. The van der Waals surface area contributed by atoms with E-state index in [9.17, 15) is 9.59 Å². The summed E-state index contributed by atoms with van der Waals surface area (Å²) in [6.07, 6.45) is 1.57. The molecule has 0 aromatic carbocycles. The third-order valence-electron chi connectivity index (χ3n) is 3.85. The number of nitrogens with zero attached hydrogens (tertiary/aromatic N) is 3. The molecular weight excluding hydrogens is 356 g/mol. The van der Waals surface area contributed by atoms with Gasteiger partial charge in [-0.1, -0.05) is 25.6 Å². The van der Waals surface area contributed by atoms with Crippen LogP contribution in [-0.4, -0.2) is 45.0 Å². The van der Waals surface area contributed by atoms with Gasteiger partial charge in [0.25, 0.3) is 5.91 Å². The molecule has 0 aliphatic rings. The van der Waals surface area contributed by atoms with Crippen LogP contribution in [0.2, 0.25) is 0 Å². The van der Waals surface area contributed by atoms with E-state index in [-0.39, 0.29) is 24.3 Å². The summed E-state index contributed by atoms with van der Waals surface area (Å²) in [5.41, 5.74) is 0. The molecule has 2 rings (SSSR count). The summed E-state index contributed by atoms with van der Waals surface area (Å²) in [4.78, 5) is 23.6. The van der Waals surface area contributed by atoms with Crippen LogP contribution in [0.1, 0.15) is 27.7 Å². The highest BCUT2D eigenvalue weighted by Gasteiger charge is 2.17. The van der Waals surface area contributed by atoms with E-state index in [4.69, 9.17) is 9.15 Å². The highest BCUT2D eigenvalue weighted by Crippen LogP contribution is 2.24. The van der Waals surface area contributed by atoms with Crippen molar-refractivity contribution in [2.24, 2.45) is 5.92 Å². The zero-order valence-corrected chi connectivity index (χ0v) is 16.2. The van der Waals surface area contributed by atoms with Crippen molar-refractivity contribution in [1.29, 1.82) is 0 Å². The summed E-state index contributed by atoms with van der Waals surface area (Å²) in [5, 5.41) is 11.6. The number of thioether (sulfide) groups is 1. The number of hydrogen-bond donors (Lipinski definition) is 1. The highest BCUT2D eigenvalue weighted by atomic mass is 32.2. The molecule has 0 aliphatic heterocycles. The minimum atomic E-state index is -0.479. The van der Waals surface area contributed by atoms with Crippen LogP contribution in [0.3, 0.4) is 0 Å². The summed E-state index contributed by atoms with van der Waals surface area (Å²) in [6, 6.07) is 3.60. The Morgan fingerprint density at radius 3 is 2.73 bits per heavy atom. The second kappa shape index (κ2) is 9.42. The van der Waals surface area contributed by atoms with E-state index in [1.54, 1.807) is 18.4 Å². The molecule has 1 amide bonds. The summed E-state index contributed by atoms with van der Waals surface area (Å²) in [6.45, 7) is 8.24. The molecule has 2 aromatic rings. The normalized spacial score (nSPS) is 12.2. The standard InChI is InChI=1S/C17H24N4O4S/c1-5-21-16(13-7-6-8-24-13)19-20-17(21)26-10-15(23)25-9-14(22)18-12(4)11(2)3/h6-8,11-12H,5,9-10H2,1-4H3,(H,18,22)/t12-/m1/s1. The first kappa shape index (κ1) is 20.0. The lowest BCUT2D eigenvalue weighted by Crippen LogP contribution is -2.38. The molecule has 0 unspecified atom stereocenters. The minimum Gasteiger partial charge on any atom is -0.461 e. The van der Waals surface area contributed by atoms with Crippen molar-refractivity contribution in [3.63, 3.8) is 0 Å². The van der Waals surface area contributed by atoms with Crippen LogP contribution in [0.15, 0.2) is 28.0 Å². The number of furan rings is 1. The van der Waals surface area contributed by atoms with Gasteiger partial charge in [0.05, 0.1) is 12.0 Å². The maximum absolute atomic E-state index is 11.9. The number of rotatable bonds is 9. The lowest BCUT2D eigenvalue weighted by atomic mass is 10.1. The van der Waals surface area contributed by atoms with Gasteiger partial charge in [-0.3, -0.25) is 14.2 Å². The maximum atomic E-state index is 11.9. The molecule has 1 N–H and O–H groups in total. The molecule has 9 heteroatoms. The summed E-state index contributed by atoms with van der Waals surface area (Å²) < 4.78 is 12.2. The van der Waals surface area contributed by atoms with Crippen molar-refractivity contribution >= 4 is 23.6 Å². The van der Waals surface area contributed by atoms with Gasteiger partial charge in [-0.2, -0.15) is 0 Å². The van der Waals surface area contributed by atoms with Crippen molar-refractivity contribution in [3.8, 4) is 11.6 Å². The monoisotopic (exact) mass is 380 g/mol. The van der Waals surface area contributed by atoms with Gasteiger partial charge in [-0.25, -0.2) is 0 Å². The number of esters is 1. The molecule has 0 saturated heterocycles. The predicted octanol–water partition coefficient (Wildman–Crippen LogP) is 2.35. The first-order valence-electron chi connectivity index (χ1n) is 8.47. The molecule has 0 bridgehead atoms. The van der Waals surface area contributed by atoms with E-state index in [0.717, 1.165) is 0 Å². The van der Waals surface area contributed by atoms with Crippen molar-refractivity contribution in [2.45, 2.75) is 45.4 Å². The van der Waals surface area contributed by atoms with E-state index in [1.165, 1.54) is 11.8 Å². The Hall–Kier alpha value is -2.29. The molecule has 8 nitrogen and oxygen atoms in total. The first-order chi connectivity index (χ1) is 12.4. The van der Waals surface area contributed by atoms with Crippen LogP contribution >= 0.6 is 11.8 Å². The fourth-order valence-electron chi connectivity index (χ4n) is 2.04. The Labute approximate surface area is 156 Å². The number of hydrogen-bond acceptors (Lipinski definition) is 7. The highest BCUT2D eigenvalue weighted by molar-refractivity contribution is 7.99. The lowest BCUT2D eigenvalue weighted by molar-refractivity contribution is -0.146. The smallest absolute Gasteiger partial charge is 0.316 e. The summed E-state index contributed by atoms with van der Waals surface area (Å²) >= 11 is 1.21. The first-order valence-corrected chi connectivity index (χ1v) is 9.45. The van der Waals surface area contributed by atoms with Crippen molar-refractivity contribution in [2.75, 3.05) is 12.4 Å². The largest absolute Gasteiger partial charge is 0.461 e. The third kappa shape index (κ3) is 5.35. The number of amides is 1. The van der Waals surface area contributed by atoms with E-state index in [2.05, 4.69) is 15.5 Å². The second-order valence-electron chi connectivity index (χ2n) is 6.08. The fourth-order valence-corrected chi connectivity index (χ4v) is 2.84. The summed E-state index contributed by atoms with van der Waals surface area (Å²) in [7, 11) is 0. The van der Waals surface area contributed by atoms with Gasteiger partial charge in [0, 0.05) is 12.6 Å². The van der Waals surface area contributed by atoms with E-state index in [0.29, 0.717) is 29.2 Å². The average molecular weight is 380 g/mol. The molecule has 2 heterocycles. The summed E-state index contributed by atoms with van der Waals surface area (Å²) in [5.74, 6) is 0.798. The molecule has 0 aliphatic carbocycles. The minimum absolute atomic E-state index is 0.0266. The van der Waals surface area contributed by atoms with Crippen LogP contribution in [0.5, 0.6) is 0 Å². The molecule has 1 atom stereocenters. The van der Waals surface area contributed by atoms with Crippen LogP contribution in [0.4, 0.5) is 0 Å². The molecule has 0 radical (unpaired) electrons. The van der Waals surface area contributed by atoms with Gasteiger partial charge in [0.15, 0.2) is 23.3 Å². The molecular formula is C17H24N4O4S. The number of carbonyl (C=O) groups excluding carboxylic acids is 2. The average Bonchev–Trinajstić information content (AvgIpc) is 3.26. The number of ether oxygens (including phenoxy) is 1. The molecule has 142 valence electrons. The second-order valence-corrected chi connectivity index (χ2v) is 7.02. The lowest BCUT2D eigenvalue weighted by Gasteiger charge is -2.17. The molecule has 0 fully saturated rings. The number of nitrogens with one attached hydrogen (secondary N) is 1. The molecule has 26 heavy (non-hydrogen) atoms. The molecule has 2 aromatic heterocycles. The van der Waals surface area contributed by atoms with Gasteiger partial charge in [-0.15, -0.1) is 10.2 Å². The van der Waals surface area contributed by atoms with Crippen molar-refractivity contribution < 1.29 is 18.7 Å². The van der Waals surface area contributed by atoms with Crippen LogP contribution in [0.25, 0.3) is 11.6 Å². The SMILES string of the molecule is CCn1c(SCC(=O)OCC(=O)N[C@H](C)C(C)C)nnc1-c1ccco1. The molecule has 0 spiro atoms. The van der Waals surface area contributed by atoms with E-state index in [1.807, 2.05) is 32.3 Å². The Balaban J connectivity index is 1.83.